The molecule has 1 saturated heterocycles. The first-order valence-electron chi connectivity index (χ1n) is 11.5. The summed E-state index contributed by atoms with van der Waals surface area (Å²) in [5, 5.41) is 12.4. The Bertz CT molecular complexity index is 1380. The highest BCUT2D eigenvalue weighted by Gasteiger charge is 2.28. The Labute approximate surface area is 208 Å². The molecule has 4 N–H and O–H groups in total. The number of primary sulfonamides is 1. The summed E-state index contributed by atoms with van der Waals surface area (Å²) in [5.74, 6) is 6.02. The van der Waals surface area contributed by atoms with Crippen LogP contribution in [-0.2, 0) is 16.6 Å². The van der Waals surface area contributed by atoms with Crippen molar-refractivity contribution in [1.29, 1.82) is 0 Å². The van der Waals surface area contributed by atoms with Crippen LogP contribution in [0.15, 0.2) is 53.6 Å². The number of sulfonamides is 1. The van der Waals surface area contributed by atoms with E-state index in [2.05, 4.69) is 34.4 Å². The monoisotopic (exact) mass is 519 g/mol. The van der Waals surface area contributed by atoms with Crippen molar-refractivity contribution in [2.24, 2.45) is 5.14 Å². The van der Waals surface area contributed by atoms with Gasteiger partial charge in [0, 0.05) is 34.6 Å². The van der Waals surface area contributed by atoms with Gasteiger partial charge in [-0.05, 0) is 75.4 Å². The number of anilines is 2. The van der Waals surface area contributed by atoms with E-state index in [4.69, 9.17) is 5.14 Å². The molecule has 36 heavy (non-hydrogen) atoms. The predicted molar refractivity (Wildman–Crippen MR) is 135 cm³/mol. The Morgan fingerprint density at radius 2 is 1.81 bits per heavy atom. The Morgan fingerprint density at radius 1 is 1.11 bits per heavy atom. The van der Waals surface area contributed by atoms with Crippen LogP contribution in [0.25, 0.3) is 10.9 Å². The number of likely N-dealkylation sites (tertiary alicyclic amines) is 1. The highest BCUT2D eigenvalue weighted by Crippen LogP contribution is 2.30. The Balaban J connectivity index is 1.55. The molecule has 2 heterocycles. The van der Waals surface area contributed by atoms with E-state index in [0.717, 1.165) is 37.0 Å². The van der Waals surface area contributed by atoms with Crippen LogP contribution >= 0.6 is 0 Å². The minimum absolute atomic E-state index is 0.0129. The lowest BCUT2D eigenvalue weighted by molar-refractivity contribution is -0.139. The molecular formula is C25H28F3N5O2S. The van der Waals surface area contributed by atoms with Crippen LogP contribution in [0.2, 0.25) is 0 Å². The molecule has 1 aromatic heterocycles. The topological polar surface area (TPSA) is 92.4 Å². The van der Waals surface area contributed by atoms with Crippen molar-refractivity contribution in [3.05, 3.63) is 54.2 Å². The first-order chi connectivity index (χ1) is 17.0. The third kappa shape index (κ3) is 6.72. The van der Waals surface area contributed by atoms with E-state index < -0.39 is 22.7 Å². The van der Waals surface area contributed by atoms with Crippen LogP contribution < -0.4 is 15.8 Å². The fourth-order valence-corrected chi connectivity index (χ4v) is 4.76. The van der Waals surface area contributed by atoms with Gasteiger partial charge in [-0.25, -0.2) is 13.6 Å². The van der Waals surface area contributed by atoms with Crippen molar-refractivity contribution < 1.29 is 21.6 Å². The SMILES string of the molecule is CN1CCC(Nc2cc(C#CCNc3ccc(S(N)(=O)=O)cc3)cc3c2ccn3CC(F)(F)F)CC1. The third-order valence-electron chi connectivity index (χ3n) is 6.11. The lowest BCUT2D eigenvalue weighted by atomic mass is 10.0. The van der Waals surface area contributed by atoms with Gasteiger partial charge in [-0.15, -0.1) is 0 Å². The number of nitrogens with one attached hydrogen (secondary N) is 2. The number of rotatable bonds is 6. The quantitative estimate of drug-likeness (QED) is 0.431. The molecule has 0 saturated carbocycles. The molecule has 0 atom stereocenters. The summed E-state index contributed by atoms with van der Waals surface area (Å²) in [6.07, 6.45) is -0.976. The summed E-state index contributed by atoms with van der Waals surface area (Å²) in [7, 11) is -1.69. The van der Waals surface area contributed by atoms with Gasteiger partial charge in [0.1, 0.15) is 6.54 Å². The Hall–Kier alpha value is -3.20. The molecule has 0 unspecified atom stereocenters. The lowest BCUT2D eigenvalue weighted by Gasteiger charge is -2.30. The van der Waals surface area contributed by atoms with Gasteiger partial charge in [0.05, 0.1) is 17.0 Å². The molecule has 0 bridgehead atoms. The zero-order valence-electron chi connectivity index (χ0n) is 19.8. The fourth-order valence-electron chi connectivity index (χ4n) is 4.25. The summed E-state index contributed by atoms with van der Waals surface area (Å²) >= 11 is 0. The number of alkyl halides is 3. The molecule has 1 fully saturated rings. The van der Waals surface area contributed by atoms with Crippen molar-refractivity contribution in [3.8, 4) is 11.8 Å². The van der Waals surface area contributed by atoms with Gasteiger partial charge in [0.2, 0.25) is 10.0 Å². The van der Waals surface area contributed by atoms with Gasteiger partial charge < -0.3 is 20.1 Å². The first kappa shape index (κ1) is 25.9. The highest BCUT2D eigenvalue weighted by molar-refractivity contribution is 7.89. The summed E-state index contributed by atoms with van der Waals surface area (Å²) in [6, 6.07) is 11.5. The molecule has 1 aliphatic rings. The predicted octanol–water partition coefficient (Wildman–Crippen LogP) is 3.82. The van der Waals surface area contributed by atoms with Crippen LogP contribution in [0.5, 0.6) is 0 Å². The second kappa shape index (κ2) is 10.4. The van der Waals surface area contributed by atoms with Gasteiger partial charge in [-0.2, -0.15) is 13.2 Å². The molecule has 11 heteroatoms. The zero-order chi connectivity index (χ0) is 25.9. The molecule has 2 aromatic carbocycles. The largest absolute Gasteiger partial charge is 0.406 e. The van der Waals surface area contributed by atoms with E-state index in [0.29, 0.717) is 16.8 Å². The van der Waals surface area contributed by atoms with Crippen LogP contribution in [0, 0.1) is 11.8 Å². The van der Waals surface area contributed by atoms with Crippen molar-refractivity contribution in [3.63, 3.8) is 0 Å². The van der Waals surface area contributed by atoms with Gasteiger partial charge in [-0.1, -0.05) is 11.8 Å². The van der Waals surface area contributed by atoms with Crippen molar-refractivity contribution in [2.75, 3.05) is 37.3 Å². The van der Waals surface area contributed by atoms with Crippen LogP contribution in [0.3, 0.4) is 0 Å². The smallest absolute Gasteiger partial charge is 0.382 e. The molecular weight excluding hydrogens is 491 g/mol. The Kier molecular flexibility index (Phi) is 7.49. The summed E-state index contributed by atoms with van der Waals surface area (Å²) in [4.78, 5) is 2.27. The third-order valence-corrected chi connectivity index (χ3v) is 7.04. The molecule has 0 amide bonds. The minimum atomic E-state index is -4.34. The van der Waals surface area contributed by atoms with E-state index in [1.807, 2.05) is 6.07 Å². The standard InChI is InChI=1S/C25H28F3N5O2S/c1-32-12-8-20(9-13-32)31-23-15-18(16-24-22(23)10-14-33(24)17-25(26,27)28)3-2-11-30-19-4-6-21(7-5-19)36(29,34)35/h4-7,10,14-16,20,30-31H,8-9,11-13,17H2,1H3,(H2,29,34,35). The number of benzene rings is 2. The van der Waals surface area contributed by atoms with E-state index in [1.54, 1.807) is 24.3 Å². The molecule has 1 aliphatic heterocycles. The number of nitrogens with zero attached hydrogens (tertiary/aromatic N) is 2. The van der Waals surface area contributed by atoms with Crippen LogP contribution in [0.4, 0.5) is 24.5 Å². The molecule has 3 aromatic rings. The average Bonchev–Trinajstić information content (AvgIpc) is 3.19. The summed E-state index contributed by atoms with van der Waals surface area (Å²) in [6.45, 7) is 1.10. The zero-order valence-corrected chi connectivity index (χ0v) is 20.6. The Morgan fingerprint density at radius 3 is 2.44 bits per heavy atom. The molecule has 7 nitrogen and oxygen atoms in total. The van der Waals surface area contributed by atoms with E-state index in [-0.39, 0.29) is 17.5 Å². The van der Waals surface area contributed by atoms with Crippen molar-refractivity contribution >= 4 is 32.3 Å². The van der Waals surface area contributed by atoms with E-state index in [1.165, 1.54) is 22.9 Å². The summed E-state index contributed by atoms with van der Waals surface area (Å²) < 4.78 is 63.4. The maximum absolute atomic E-state index is 13.1. The maximum atomic E-state index is 13.1. The second-order valence-electron chi connectivity index (χ2n) is 8.96. The summed E-state index contributed by atoms with van der Waals surface area (Å²) in [5.41, 5.74) is 2.52. The van der Waals surface area contributed by atoms with Gasteiger partial charge in [0.15, 0.2) is 0 Å². The van der Waals surface area contributed by atoms with E-state index in [9.17, 15) is 21.6 Å². The highest BCUT2D eigenvalue weighted by atomic mass is 32.2. The van der Waals surface area contributed by atoms with Gasteiger partial charge in [0.25, 0.3) is 0 Å². The molecule has 0 radical (unpaired) electrons. The lowest BCUT2D eigenvalue weighted by Crippen LogP contribution is -2.36. The first-order valence-corrected chi connectivity index (χ1v) is 13.0. The van der Waals surface area contributed by atoms with Gasteiger partial charge >= 0.3 is 6.18 Å². The van der Waals surface area contributed by atoms with Crippen LogP contribution in [0.1, 0.15) is 18.4 Å². The molecule has 4 rings (SSSR count). The molecule has 0 spiro atoms. The van der Waals surface area contributed by atoms with Crippen LogP contribution in [-0.4, -0.2) is 56.8 Å². The average molecular weight is 520 g/mol. The number of fused-ring (bicyclic) bond motifs is 1. The number of hydrogen-bond acceptors (Lipinski definition) is 5. The number of piperidine rings is 1. The van der Waals surface area contributed by atoms with Gasteiger partial charge in [-0.3, -0.25) is 0 Å². The number of halogens is 3. The van der Waals surface area contributed by atoms with Crippen molar-refractivity contribution in [1.82, 2.24) is 9.47 Å². The van der Waals surface area contributed by atoms with Crippen molar-refractivity contribution in [2.45, 2.75) is 36.5 Å². The fraction of sp³-hybridized carbons (Fsp3) is 0.360. The number of nitrogens with two attached hydrogens (primary N) is 1. The molecule has 0 aliphatic carbocycles. The normalized spacial score (nSPS) is 15.5. The minimum Gasteiger partial charge on any atom is -0.382 e. The molecule has 192 valence electrons. The number of aromatic nitrogens is 1. The van der Waals surface area contributed by atoms with E-state index >= 15 is 0 Å². The second-order valence-corrected chi connectivity index (χ2v) is 10.5. The maximum Gasteiger partial charge on any atom is 0.406 e. The number of hydrogen-bond donors (Lipinski definition) is 3.